The Labute approximate surface area is 93.1 Å². The van der Waals surface area contributed by atoms with Crippen LogP contribution >= 0.6 is 0 Å². The summed E-state index contributed by atoms with van der Waals surface area (Å²) in [5.41, 5.74) is -3.92. The number of halogens is 6. The number of ether oxygens (including phenoxy) is 1. The summed E-state index contributed by atoms with van der Waals surface area (Å²) in [6.45, 7) is 0. The summed E-state index contributed by atoms with van der Waals surface area (Å²) >= 11 is 0. The van der Waals surface area contributed by atoms with Crippen LogP contribution < -0.4 is 0 Å². The lowest BCUT2D eigenvalue weighted by atomic mass is 9.78. The number of hydrogen-bond acceptors (Lipinski definition) is 1. The van der Waals surface area contributed by atoms with E-state index in [0.29, 0.717) is 12.8 Å². The molecule has 3 aliphatic rings. The average Bonchev–Trinajstić information content (AvgIpc) is 2.66. The lowest BCUT2D eigenvalue weighted by Crippen LogP contribution is -2.60. The van der Waals surface area contributed by atoms with Crippen molar-refractivity contribution in [2.75, 3.05) is 0 Å². The van der Waals surface area contributed by atoms with Gasteiger partial charge in [0, 0.05) is 5.92 Å². The highest BCUT2D eigenvalue weighted by Gasteiger charge is 2.82. The monoisotopic (exact) mass is 260 g/mol. The molecule has 4 atom stereocenters. The van der Waals surface area contributed by atoms with Crippen molar-refractivity contribution in [2.45, 2.75) is 43.3 Å². The fourth-order valence-corrected chi connectivity index (χ4v) is 3.93. The molecule has 0 N–H and O–H groups in total. The van der Waals surface area contributed by atoms with Gasteiger partial charge in [-0.1, -0.05) is 0 Å². The zero-order chi connectivity index (χ0) is 12.6. The van der Waals surface area contributed by atoms with Crippen molar-refractivity contribution in [1.29, 1.82) is 0 Å². The smallest absolute Gasteiger partial charge is 0.354 e. The number of alkyl halides is 6. The Morgan fingerprint density at radius 3 is 1.88 bits per heavy atom. The molecule has 17 heavy (non-hydrogen) atoms. The third-order valence-corrected chi connectivity index (χ3v) is 4.45. The fraction of sp³-hybridized carbons (Fsp3) is 1.00. The Morgan fingerprint density at radius 2 is 1.47 bits per heavy atom. The summed E-state index contributed by atoms with van der Waals surface area (Å²) in [7, 11) is 0. The van der Waals surface area contributed by atoms with E-state index in [0.717, 1.165) is 0 Å². The Morgan fingerprint density at radius 1 is 0.882 bits per heavy atom. The van der Waals surface area contributed by atoms with Gasteiger partial charge in [0.05, 0.1) is 6.10 Å². The molecule has 0 aromatic heterocycles. The van der Waals surface area contributed by atoms with Gasteiger partial charge in [0.2, 0.25) is 0 Å². The van der Waals surface area contributed by atoms with E-state index < -0.39 is 35.9 Å². The number of hydrogen-bond donors (Lipinski definition) is 0. The van der Waals surface area contributed by atoms with E-state index in [1.54, 1.807) is 0 Å². The van der Waals surface area contributed by atoms with Crippen LogP contribution in [-0.2, 0) is 4.74 Å². The molecular formula is C10H10F6O. The van der Waals surface area contributed by atoms with E-state index in [4.69, 9.17) is 0 Å². The van der Waals surface area contributed by atoms with Gasteiger partial charge in [-0.3, -0.25) is 0 Å². The van der Waals surface area contributed by atoms with Gasteiger partial charge in [0.25, 0.3) is 5.60 Å². The molecule has 0 spiro atoms. The molecule has 7 heteroatoms. The van der Waals surface area contributed by atoms with Crippen LogP contribution in [0.25, 0.3) is 0 Å². The number of rotatable bonds is 0. The third-order valence-electron chi connectivity index (χ3n) is 4.45. The van der Waals surface area contributed by atoms with Crippen LogP contribution in [0.15, 0.2) is 0 Å². The first-order chi connectivity index (χ1) is 7.67. The second kappa shape index (κ2) is 2.92. The molecular weight excluding hydrogens is 250 g/mol. The molecule has 4 unspecified atom stereocenters. The van der Waals surface area contributed by atoms with Crippen LogP contribution in [0.4, 0.5) is 26.3 Å². The van der Waals surface area contributed by atoms with Gasteiger partial charge in [-0.15, -0.1) is 0 Å². The zero-order valence-electron chi connectivity index (χ0n) is 8.61. The molecule has 1 aliphatic heterocycles. The van der Waals surface area contributed by atoms with Crippen LogP contribution in [0, 0.1) is 17.8 Å². The van der Waals surface area contributed by atoms with Gasteiger partial charge in [0.15, 0.2) is 0 Å². The van der Waals surface area contributed by atoms with E-state index in [1.807, 2.05) is 0 Å². The third kappa shape index (κ3) is 1.21. The molecule has 0 aromatic rings. The predicted molar refractivity (Wildman–Crippen MR) is 44.0 cm³/mol. The van der Waals surface area contributed by atoms with Gasteiger partial charge < -0.3 is 4.74 Å². The van der Waals surface area contributed by atoms with E-state index in [1.165, 1.54) is 0 Å². The summed E-state index contributed by atoms with van der Waals surface area (Å²) in [6.07, 6.45) is -10.9. The van der Waals surface area contributed by atoms with Crippen molar-refractivity contribution in [3.05, 3.63) is 0 Å². The van der Waals surface area contributed by atoms with Crippen LogP contribution in [-0.4, -0.2) is 24.1 Å². The molecule has 3 rings (SSSR count). The van der Waals surface area contributed by atoms with E-state index >= 15 is 0 Å². The second-order valence-electron chi connectivity index (χ2n) is 5.23. The van der Waals surface area contributed by atoms with Crippen LogP contribution in [0.3, 0.4) is 0 Å². The van der Waals surface area contributed by atoms with Gasteiger partial charge >= 0.3 is 12.4 Å². The van der Waals surface area contributed by atoms with Crippen molar-refractivity contribution < 1.29 is 31.1 Å². The minimum atomic E-state index is -5.39. The predicted octanol–water partition coefficient (Wildman–Crippen LogP) is 3.29. The van der Waals surface area contributed by atoms with Crippen molar-refractivity contribution in [3.63, 3.8) is 0 Å². The van der Waals surface area contributed by atoms with Gasteiger partial charge in [-0.05, 0) is 31.1 Å². The van der Waals surface area contributed by atoms with Crippen molar-refractivity contribution >= 4 is 0 Å². The molecule has 0 aromatic carbocycles. The van der Waals surface area contributed by atoms with E-state index in [9.17, 15) is 26.3 Å². The van der Waals surface area contributed by atoms with Gasteiger partial charge in [-0.2, -0.15) is 26.3 Å². The van der Waals surface area contributed by atoms with Crippen molar-refractivity contribution in [3.8, 4) is 0 Å². The first kappa shape index (κ1) is 11.6. The maximum absolute atomic E-state index is 12.9. The molecule has 2 saturated carbocycles. The minimum Gasteiger partial charge on any atom is -0.354 e. The maximum atomic E-state index is 12.9. The summed E-state index contributed by atoms with van der Waals surface area (Å²) in [5.74, 6) is -2.03. The zero-order valence-corrected chi connectivity index (χ0v) is 8.61. The van der Waals surface area contributed by atoms with Crippen molar-refractivity contribution in [2.24, 2.45) is 17.8 Å². The summed E-state index contributed by atoms with van der Waals surface area (Å²) < 4.78 is 81.9. The Hall–Kier alpha value is -0.460. The van der Waals surface area contributed by atoms with E-state index in [2.05, 4.69) is 4.74 Å². The van der Waals surface area contributed by atoms with E-state index in [-0.39, 0.29) is 12.3 Å². The highest BCUT2D eigenvalue weighted by Crippen LogP contribution is 2.67. The molecule has 2 bridgehead atoms. The molecule has 1 nitrogen and oxygen atoms in total. The molecule has 1 saturated heterocycles. The minimum absolute atomic E-state index is 0.0137. The first-order valence-electron chi connectivity index (χ1n) is 5.48. The average molecular weight is 260 g/mol. The van der Waals surface area contributed by atoms with Crippen LogP contribution in [0.5, 0.6) is 0 Å². The molecule has 0 amide bonds. The molecule has 2 aliphatic carbocycles. The Bertz CT molecular complexity index is 330. The topological polar surface area (TPSA) is 9.23 Å². The highest BCUT2D eigenvalue weighted by molar-refractivity contribution is 5.16. The maximum Gasteiger partial charge on any atom is 0.426 e. The highest BCUT2D eigenvalue weighted by atomic mass is 19.4. The van der Waals surface area contributed by atoms with Crippen LogP contribution in [0.1, 0.15) is 19.3 Å². The van der Waals surface area contributed by atoms with Crippen molar-refractivity contribution in [1.82, 2.24) is 0 Å². The Balaban J connectivity index is 2.09. The molecule has 0 radical (unpaired) electrons. The number of fused-ring (bicyclic) bond motifs is 1. The molecule has 98 valence electrons. The summed E-state index contributed by atoms with van der Waals surface area (Å²) in [5, 5.41) is 0. The Kier molecular flexibility index (Phi) is 2.00. The lowest BCUT2D eigenvalue weighted by molar-refractivity contribution is -0.383. The standard InChI is InChI=1S/C10H10F6O/c11-9(12,13)8(10(14,15)16)6-2-4-1-5(6)7(3-4)17-8/h4-7H,1-3H2. The quantitative estimate of drug-likeness (QED) is 0.607. The van der Waals surface area contributed by atoms with Crippen LogP contribution in [0.2, 0.25) is 0 Å². The first-order valence-corrected chi connectivity index (χ1v) is 5.48. The van der Waals surface area contributed by atoms with Gasteiger partial charge in [0.1, 0.15) is 0 Å². The molecule has 1 heterocycles. The SMILES string of the molecule is FC(F)(F)C1(C(F)(F)F)OC2CC3CC2C1C3. The molecule has 3 fully saturated rings. The summed E-state index contributed by atoms with van der Waals surface area (Å²) in [4.78, 5) is 0. The lowest BCUT2D eigenvalue weighted by Gasteiger charge is -2.37. The second-order valence-corrected chi connectivity index (χ2v) is 5.23. The fourth-order valence-electron chi connectivity index (χ4n) is 3.93. The summed E-state index contributed by atoms with van der Waals surface area (Å²) in [6, 6.07) is 0. The van der Waals surface area contributed by atoms with Gasteiger partial charge in [-0.25, -0.2) is 0 Å². The normalized spacial score (nSPS) is 43.4. The largest absolute Gasteiger partial charge is 0.426 e.